The van der Waals surface area contributed by atoms with Gasteiger partial charge in [-0.05, 0) is 13.0 Å². The minimum atomic E-state index is -1.07. The van der Waals surface area contributed by atoms with Gasteiger partial charge in [-0.3, -0.25) is 0 Å². The molecule has 2 aromatic heterocycles. The fraction of sp³-hybridized carbons (Fsp3) is 0.200. The SMILES string of the molecule is Cc1nc(CNc2ccc(C(=O)O)o2)cs1. The molecule has 0 spiro atoms. The van der Waals surface area contributed by atoms with Crippen LogP contribution < -0.4 is 5.32 Å². The number of nitrogens with zero attached hydrogens (tertiary/aromatic N) is 1. The van der Waals surface area contributed by atoms with E-state index in [1.165, 1.54) is 6.07 Å². The number of carbonyl (C=O) groups is 1. The molecule has 0 amide bonds. The van der Waals surface area contributed by atoms with Gasteiger partial charge in [-0.2, -0.15) is 0 Å². The second kappa shape index (κ2) is 4.36. The molecule has 0 aliphatic heterocycles. The smallest absolute Gasteiger partial charge is 0.371 e. The molecule has 2 aromatic rings. The maximum absolute atomic E-state index is 10.6. The maximum Gasteiger partial charge on any atom is 0.371 e. The summed E-state index contributed by atoms with van der Waals surface area (Å²) in [4.78, 5) is 14.8. The van der Waals surface area contributed by atoms with Crippen LogP contribution in [0, 0.1) is 6.92 Å². The minimum Gasteiger partial charge on any atom is -0.475 e. The summed E-state index contributed by atoms with van der Waals surface area (Å²) in [6, 6.07) is 3.00. The first-order valence-electron chi connectivity index (χ1n) is 4.63. The van der Waals surface area contributed by atoms with Crippen molar-refractivity contribution in [3.8, 4) is 0 Å². The topological polar surface area (TPSA) is 75.4 Å². The second-order valence-corrected chi connectivity index (χ2v) is 4.24. The number of carboxylic acids is 1. The Kier molecular flexibility index (Phi) is 2.91. The van der Waals surface area contributed by atoms with E-state index >= 15 is 0 Å². The fourth-order valence-electron chi connectivity index (χ4n) is 1.21. The van der Waals surface area contributed by atoms with Crippen LogP contribution in [0.3, 0.4) is 0 Å². The van der Waals surface area contributed by atoms with Gasteiger partial charge in [0.25, 0.3) is 0 Å². The van der Waals surface area contributed by atoms with Gasteiger partial charge in [-0.25, -0.2) is 9.78 Å². The van der Waals surface area contributed by atoms with Crippen molar-refractivity contribution in [2.24, 2.45) is 0 Å². The first kappa shape index (κ1) is 10.7. The Balaban J connectivity index is 1.97. The van der Waals surface area contributed by atoms with Crippen molar-refractivity contribution < 1.29 is 14.3 Å². The number of hydrogen-bond acceptors (Lipinski definition) is 5. The predicted molar refractivity (Wildman–Crippen MR) is 59.8 cm³/mol. The third-order valence-corrected chi connectivity index (χ3v) is 2.75. The monoisotopic (exact) mass is 238 g/mol. The van der Waals surface area contributed by atoms with Crippen LogP contribution in [-0.4, -0.2) is 16.1 Å². The van der Waals surface area contributed by atoms with Crippen molar-refractivity contribution in [1.82, 2.24) is 4.98 Å². The first-order valence-corrected chi connectivity index (χ1v) is 5.51. The van der Waals surface area contributed by atoms with Crippen molar-refractivity contribution in [3.63, 3.8) is 0 Å². The highest BCUT2D eigenvalue weighted by molar-refractivity contribution is 7.09. The fourth-order valence-corrected chi connectivity index (χ4v) is 1.83. The minimum absolute atomic E-state index is 0.0723. The number of aryl methyl sites for hydroxylation is 1. The van der Waals surface area contributed by atoms with Gasteiger partial charge in [-0.15, -0.1) is 11.3 Å². The van der Waals surface area contributed by atoms with Crippen LogP contribution in [0.2, 0.25) is 0 Å². The predicted octanol–water partition coefficient (Wildman–Crippen LogP) is 2.35. The Morgan fingerprint density at radius 1 is 1.62 bits per heavy atom. The molecule has 16 heavy (non-hydrogen) atoms. The largest absolute Gasteiger partial charge is 0.475 e. The number of aromatic carboxylic acids is 1. The van der Waals surface area contributed by atoms with Crippen molar-refractivity contribution in [2.45, 2.75) is 13.5 Å². The Hall–Kier alpha value is -1.82. The molecule has 0 bridgehead atoms. The maximum atomic E-state index is 10.6. The standard InChI is InChI=1S/C10H10N2O3S/c1-6-12-7(5-16-6)4-11-9-3-2-8(15-9)10(13)14/h2-3,5,11H,4H2,1H3,(H,13,14). The summed E-state index contributed by atoms with van der Waals surface area (Å²) < 4.78 is 5.04. The van der Waals surface area contributed by atoms with E-state index in [0.717, 1.165) is 10.7 Å². The molecule has 2 rings (SSSR count). The van der Waals surface area contributed by atoms with Crippen LogP contribution in [0.1, 0.15) is 21.3 Å². The number of nitrogens with one attached hydrogen (secondary N) is 1. The highest BCUT2D eigenvalue weighted by Gasteiger charge is 2.08. The normalized spacial score (nSPS) is 10.3. The number of carboxylic acid groups (broad SMARTS) is 1. The summed E-state index contributed by atoms with van der Waals surface area (Å²) in [5, 5.41) is 14.6. The van der Waals surface area contributed by atoms with Gasteiger partial charge >= 0.3 is 5.97 Å². The van der Waals surface area contributed by atoms with Crippen molar-refractivity contribution >= 4 is 23.2 Å². The van der Waals surface area contributed by atoms with Crippen LogP contribution in [0.25, 0.3) is 0 Å². The Labute approximate surface area is 95.7 Å². The second-order valence-electron chi connectivity index (χ2n) is 3.18. The number of anilines is 1. The average Bonchev–Trinajstić information content (AvgIpc) is 2.83. The highest BCUT2D eigenvalue weighted by atomic mass is 32.1. The molecule has 0 fully saturated rings. The molecular formula is C10H10N2O3S. The van der Waals surface area contributed by atoms with E-state index in [0.29, 0.717) is 12.4 Å². The third kappa shape index (κ3) is 2.40. The zero-order chi connectivity index (χ0) is 11.5. The lowest BCUT2D eigenvalue weighted by Gasteiger charge is -1.98. The van der Waals surface area contributed by atoms with E-state index in [1.807, 2.05) is 12.3 Å². The van der Waals surface area contributed by atoms with E-state index in [4.69, 9.17) is 9.52 Å². The van der Waals surface area contributed by atoms with Crippen molar-refractivity contribution in [3.05, 3.63) is 34.0 Å². The molecular weight excluding hydrogens is 228 g/mol. The molecule has 0 unspecified atom stereocenters. The summed E-state index contributed by atoms with van der Waals surface area (Å²) in [5.41, 5.74) is 0.913. The van der Waals surface area contributed by atoms with Crippen LogP contribution in [0.4, 0.5) is 5.88 Å². The zero-order valence-electron chi connectivity index (χ0n) is 8.56. The quantitative estimate of drug-likeness (QED) is 0.855. The van der Waals surface area contributed by atoms with Crippen LogP contribution in [0.15, 0.2) is 21.9 Å². The van der Waals surface area contributed by atoms with E-state index in [1.54, 1.807) is 17.4 Å². The Morgan fingerprint density at radius 2 is 2.44 bits per heavy atom. The number of thiazole rings is 1. The van der Waals surface area contributed by atoms with Gasteiger partial charge in [-0.1, -0.05) is 0 Å². The molecule has 5 nitrogen and oxygen atoms in total. The molecule has 84 valence electrons. The third-order valence-electron chi connectivity index (χ3n) is 1.93. The molecule has 2 heterocycles. The first-order chi connectivity index (χ1) is 7.65. The van der Waals surface area contributed by atoms with E-state index in [-0.39, 0.29) is 5.76 Å². The van der Waals surface area contributed by atoms with Gasteiger partial charge < -0.3 is 14.8 Å². The number of furan rings is 1. The summed E-state index contributed by atoms with van der Waals surface area (Å²) in [7, 11) is 0. The number of rotatable bonds is 4. The number of hydrogen-bond donors (Lipinski definition) is 2. The van der Waals surface area contributed by atoms with E-state index in [2.05, 4.69) is 10.3 Å². The molecule has 0 aliphatic rings. The molecule has 0 saturated carbocycles. The molecule has 2 N–H and O–H groups in total. The summed E-state index contributed by atoms with van der Waals surface area (Å²) in [6.45, 7) is 2.46. The average molecular weight is 238 g/mol. The van der Waals surface area contributed by atoms with Gasteiger partial charge in [0.05, 0.1) is 17.2 Å². The summed E-state index contributed by atoms with van der Waals surface area (Å²) in [5.74, 6) is -0.711. The number of aromatic nitrogens is 1. The van der Waals surface area contributed by atoms with Crippen molar-refractivity contribution in [1.29, 1.82) is 0 Å². The van der Waals surface area contributed by atoms with Crippen LogP contribution in [0.5, 0.6) is 0 Å². The zero-order valence-corrected chi connectivity index (χ0v) is 9.37. The molecule has 0 radical (unpaired) electrons. The lowest BCUT2D eigenvalue weighted by molar-refractivity contribution is 0.0663. The highest BCUT2D eigenvalue weighted by Crippen LogP contribution is 2.15. The van der Waals surface area contributed by atoms with E-state index in [9.17, 15) is 4.79 Å². The molecule has 0 aromatic carbocycles. The van der Waals surface area contributed by atoms with Crippen LogP contribution >= 0.6 is 11.3 Å². The lowest BCUT2D eigenvalue weighted by Crippen LogP contribution is -1.98. The Bertz CT molecular complexity index is 504. The Morgan fingerprint density at radius 3 is 3.00 bits per heavy atom. The molecule has 6 heteroatoms. The lowest BCUT2D eigenvalue weighted by atomic mass is 10.4. The van der Waals surface area contributed by atoms with Gasteiger partial charge in [0.2, 0.25) is 5.76 Å². The van der Waals surface area contributed by atoms with E-state index < -0.39 is 5.97 Å². The molecule has 0 saturated heterocycles. The van der Waals surface area contributed by atoms with Gasteiger partial charge in [0.15, 0.2) is 5.88 Å². The van der Waals surface area contributed by atoms with Gasteiger partial charge in [0, 0.05) is 11.4 Å². The van der Waals surface area contributed by atoms with Gasteiger partial charge in [0.1, 0.15) is 0 Å². The van der Waals surface area contributed by atoms with Crippen LogP contribution in [-0.2, 0) is 6.54 Å². The van der Waals surface area contributed by atoms with Crippen molar-refractivity contribution in [2.75, 3.05) is 5.32 Å². The molecule has 0 atom stereocenters. The summed E-state index contributed by atoms with van der Waals surface area (Å²) >= 11 is 1.57. The summed E-state index contributed by atoms with van der Waals surface area (Å²) in [6.07, 6.45) is 0. The molecule has 0 aliphatic carbocycles.